The number of amides is 2. The van der Waals surface area contributed by atoms with Crippen molar-refractivity contribution in [3.8, 4) is 22.8 Å². The zero-order chi connectivity index (χ0) is 26.7. The summed E-state index contributed by atoms with van der Waals surface area (Å²) >= 11 is 0. The first kappa shape index (κ1) is 26.1. The van der Waals surface area contributed by atoms with E-state index in [9.17, 15) is 13.2 Å². The number of nitrogens with zero attached hydrogens (tertiary/aromatic N) is 4. The summed E-state index contributed by atoms with van der Waals surface area (Å²) in [6.45, 7) is 3.73. The molecule has 10 nitrogen and oxygen atoms in total. The van der Waals surface area contributed by atoms with E-state index in [1.165, 1.54) is 6.26 Å². The van der Waals surface area contributed by atoms with Crippen LogP contribution in [-0.2, 0) is 14.6 Å². The highest BCUT2D eigenvalue weighted by Gasteiger charge is 2.25. The number of urea groups is 1. The molecule has 0 spiro atoms. The van der Waals surface area contributed by atoms with Crippen molar-refractivity contribution in [3.05, 3.63) is 48.5 Å². The molecule has 2 aliphatic rings. The molecule has 0 radical (unpaired) electrons. The fourth-order valence-corrected chi connectivity index (χ4v) is 5.75. The smallest absolute Gasteiger partial charge is 0.319 e. The number of aromatic nitrogens is 3. The third-order valence-corrected chi connectivity index (χ3v) is 8.02. The lowest BCUT2D eigenvalue weighted by molar-refractivity contribution is 0.0981. The molecule has 200 valence electrons. The number of carbonyl (C=O) groups is 1. The lowest BCUT2D eigenvalue weighted by atomic mass is 10.1. The molecule has 2 aromatic carbocycles. The molecule has 0 bridgehead atoms. The van der Waals surface area contributed by atoms with E-state index in [0.717, 1.165) is 31.2 Å². The number of hydrogen-bond donors (Lipinski definition) is 2. The van der Waals surface area contributed by atoms with Crippen LogP contribution in [0.15, 0.2) is 53.4 Å². The van der Waals surface area contributed by atoms with Gasteiger partial charge in [0.15, 0.2) is 21.5 Å². The van der Waals surface area contributed by atoms with Gasteiger partial charge in [-0.05, 0) is 56.2 Å². The number of nitrogens with one attached hydrogen (secondary N) is 2. The van der Waals surface area contributed by atoms with Crippen LogP contribution in [0.25, 0.3) is 22.8 Å². The fraction of sp³-hybridized carbons (Fsp3) is 0.407. The van der Waals surface area contributed by atoms with Crippen molar-refractivity contribution in [2.24, 2.45) is 0 Å². The van der Waals surface area contributed by atoms with Crippen molar-refractivity contribution in [2.45, 2.75) is 49.6 Å². The van der Waals surface area contributed by atoms with Gasteiger partial charge >= 0.3 is 6.03 Å². The van der Waals surface area contributed by atoms with Gasteiger partial charge < -0.3 is 20.3 Å². The van der Waals surface area contributed by atoms with Crippen LogP contribution in [0, 0.1) is 0 Å². The highest BCUT2D eigenvalue weighted by Crippen LogP contribution is 2.29. The van der Waals surface area contributed by atoms with Crippen molar-refractivity contribution in [1.82, 2.24) is 20.3 Å². The minimum atomic E-state index is -3.51. The maximum Gasteiger partial charge on any atom is 0.319 e. The fourth-order valence-electron chi connectivity index (χ4n) is 4.87. The molecular weight excluding hydrogens is 504 g/mol. The minimum Gasteiger partial charge on any atom is -0.377 e. The molecule has 1 saturated carbocycles. The van der Waals surface area contributed by atoms with Gasteiger partial charge in [0.1, 0.15) is 0 Å². The lowest BCUT2D eigenvalue weighted by Crippen LogP contribution is -2.44. The second kappa shape index (κ2) is 11.0. The maximum absolute atomic E-state index is 12.5. The number of carbonyl (C=O) groups excluding carboxylic acids is 1. The highest BCUT2D eigenvalue weighted by atomic mass is 32.2. The molecule has 1 saturated heterocycles. The van der Waals surface area contributed by atoms with Crippen LogP contribution < -0.4 is 15.5 Å². The number of benzene rings is 2. The first-order valence-electron chi connectivity index (χ1n) is 12.9. The summed E-state index contributed by atoms with van der Waals surface area (Å²) in [5, 5.41) is 5.90. The van der Waals surface area contributed by atoms with Gasteiger partial charge in [-0.25, -0.2) is 18.2 Å². The van der Waals surface area contributed by atoms with Crippen LogP contribution >= 0.6 is 0 Å². The third-order valence-electron chi connectivity index (χ3n) is 6.87. The van der Waals surface area contributed by atoms with Crippen molar-refractivity contribution in [2.75, 3.05) is 36.2 Å². The van der Waals surface area contributed by atoms with E-state index in [-0.39, 0.29) is 28.8 Å². The van der Waals surface area contributed by atoms with Gasteiger partial charge in [-0.1, -0.05) is 25.0 Å². The topological polar surface area (TPSA) is 126 Å². The molecule has 0 unspecified atom stereocenters. The van der Waals surface area contributed by atoms with Gasteiger partial charge in [-0.3, -0.25) is 0 Å². The van der Waals surface area contributed by atoms with E-state index in [0.29, 0.717) is 42.8 Å². The van der Waals surface area contributed by atoms with Crippen molar-refractivity contribution < 1.29 is 17.9 Å². The zero-order valence-corrected chi connectivity index (χ0v) is 22.4. The Balaban J connectivity index is 1.48. The Hall–Kier alpha value is -3.57. The van der Waals surface area contributed by atoms with E-state index >= 15 is 0 Å². The number of ether oxygens (including phenoxy) is 1. The Morgan fingerprint density at radius 2 is 1.71 bits per heavy atom. The van der Waals surface area contributed by atoms with E-state index in [4.69, 9.17) is 14.7 Å². The zero-order valence-electron chi connectivity index (χ0n) is 21.6. The average molecular weight is 537 g/mol. The molecule has 1 aliphatic carbocycles. The number of sulfone groups is 1. The standard InChI is InChI=1S/C27H32N6O4S/c1-18-17-37-16-15-33(18)26-31-24(30-25(32-26)22-9-5-6-10-23(22)38(2,35)36)19-11-13-21(14-12-19)29-27(34)28-20-7-3-4-8-20/h5-6,9-14,18,20H,3-4,7-8,15-17H2,1-2H3,(H2,28,29,34)/t18-/m0/s1. The summed E-state index contributed by atoms with van der Waals surface area (Å²) in [7, 11) is -3.51. The van der Waals surface area contributed by atoms with E-state index in [1.54, 1.807) is 36.4 Å². The second-order valence-electron chi connectivity index (χ2n) is 9.83. The predicted octanol–water partition coefficient (Wildman–Crippen LogP) is 3.90. The molecule has 1 aromatic heterocycles. The van der Waals surface area contributed by atoms with Crippen LogP contribution in [0.4, 0.5) is 16.4 Å². The van der Waals surface area contributed by atoms with E-state index < -0.39 is 9.84 Å². The Kier molecular flexibility index (Phi) is 7.57. The average Bonchev–Trinajstić information content (AvgIpc) is 3.41. The SMILES string of the molecule is C[C@H]1COCCN1c1nc(-c2ccc(NC(=O)NC3CCCC3)cc2)nc(-c2ccccc2S(C)(=O)=O)n1. The predicted molar refractivity (Wildman–Crippen MR) is 146 cm³/mol. The van der Waals surface area contributed by atoms with E-state index in [2.05, 4.69) is 15.6 Å². The molecule has 1 aliphatic heterocycles. The summed E-state index contributed by atoms with van der Waals surface area (Å²) in [5.41, 5.74) is 1.79. The lowest BCUT2D eigenvalue weighted by Gasteiger charge is -2.33. The summed E-state index contributed by atoms with van der Waals surface area (Å²) in [5.74, 6) is 1.15. The van der Waals surface area contributed by atoms with Gasteiger partial charge in [-0.15, -0.1) is 0 Å². The highest BCUT2D eigenvalue weighted by molar-refractivity contribution is 7.90. The molecule has 1 atom stereocenters. The van der Waals surface area contributed by atoms with Crippen molar-refractivity contribution in [1.29, 1.82) is 0 Å². The van der Waals surface area contributed by atoms with Crippen LogP contribution in [0.5, 0.6) is 0 Å². The Labute approximate surface area is 222 Å². The van der Waals surface area contributed by atoms with E-state index in [1.807, 2.05) is 24.0 Å². The van der Waals surface area contributed by atoms with Crippen molar-refractivity contribution >= 4 is 27.5 Å². The second-order valence-corrected chi connectivity index (χ2v) is 11.8. The summed E-state index contributed by atoms with van der Waals surface area (Å²) in [6.07, 6.45) is 5.50. The van der Waals surface area contributed by atoms with Gasteiger partial charge in [0.05, 0.1) is 24.2 Å². The quantitative estimate of drug-likeness (QED) is 0.486. The number of rotatable bonds is 6. The van der Waals surface area contributed by atoms with Crippen LogP contribution in [0.1, 0.15) is 32.6 Å². The maximum atomic E-state index is 12.5. The van der Waals surface area contributed by atoms with Gasteiger partial charge in [0, 0.05) is 35.7 Å². The van der Waals surface area contributed by atoms with Gasteiger partial charge in [-0.2, -0.15) is 9.97 Å². The van der Waals surface area contributed by atoms with Gasteiger partial charge in [0.25, 0.3) is 0 Å². The summed E-state index contributed by atoms with van der Waals surface area (Å²) < 4.78 is 30.6. The first-order chi connectivity index (χ1) is 18.3. The molecule has 2 heterocycles. The monoisotopic (exact) mass is 536 g/mol. The van der Waals surface area contributed by atoms with Crippen LogP contribution in [0.2, 0.25) is 0 Å². The molecule has 2 amide bonds. The summed E-state index contributed by atoms with van der Waals surface area (Å²) in [6, 6.07) is 14.0. The van der Waals surface area contributed by atoms with Gasteiger partial charge in [0.2, 0.25) is 5.95 Å². The van der Waals surface area contributed by atoms with Crippen LogP contribution in [-0.4, -0.2) is 67.5 Å². The normalized spacial score (nSPS) is 18.4. The number of morpholine rings is 1. The number of anilines is 2. The van der Waals surface area contributed by atoms with Crippen LogP contribution in [0.3, 0.4) is 0 Å². The molecule has 3 aromatic rings. The largest absolute Gasteiger partial charge is 0.377 e. The third kappa shape index (κ3) is 5.94. The minimum absolute atomic E-state index is 0.0435. The molecule has 11 heteroatoms. The molecule has 5 rings (SSSR count). The van der Waals surface area contributed by atoms with Crippen molar-refractivity contribution in [3.63, 3.8) is 0 Å². The first-order valence-corrected chi connectivity index (χ1v) is 14.7. The molecule has 2 fully saturated rings. The molecular formula is C27H32N6O4S. The number of hydrogen-bond acceptors (Lipinski definition) is 8. The Morgan fingerprint density at radius 1 is 1.00 bits per heavy atom. The summed E-state index contributed by atoms with van der Waals surface area (Å²) in [4.78, 5) is 28.7. The Morgan fingerprint density at radius 3 is 2.42 bits per heavy atom. The Bertz CT molecular complexity index is 1410. The molecule has 38 heavy (non-hydrogen) atoms. The molecule has 2 N–H and O–H groups in total.